The molecule has 1 heteroatoms. The first-order valence-electron chi connectivity index (χ1n) is 12.1. The fraction of sp³-hybridized carbons (Fsp3) is 1.00. The molecule has 4 fully saturated rings. The van der Waals surface area contributed by atoms with Gasteiger partial charge in [0, 0.05) is 4.83 Å². The zero-order valence-corrected chi connectivity index (χ0v) is 19.3. The fourth-order valence-corrected chi connectivity index (χ4v) is 9.25. The third-order valence-corrected chi connectivity index (χ3v) is 10.6. The van der Waals surface area contributed by atoms with Gasteiger partial charge in [-0.2, -0.15) is 0 Å². The van der Waals surface area contributed by atoms with Crippen LogP contribution in [0.15, 0.2) is 0 Å². The van der Waals surface area contributed by atoms with E-state index in [1.54, 1.807) is 25.7 Å². The summed E-state index contributed by atoms with van der Waals surface area (Å²) in [7, 11) is 0. The lowest BCUT2D eigenvalue weighted by Gasteiger charge is -2.42. The molecule has 4 saturated carbocycles. The Balaban J connectivity index is 1.36. The standard InChI is InChI=1S/C25H43Br/c1-4-21-22-7-5-6-8-23(22)25(2,3)24(21)14-10-17-9-11-19-16-20(26)13-12-18(19)15-17/h17-24H,4-16H2,1-3H3/t17?,18?,19?,20?,21-,22?,23?,24-/m1/s1. The number of fused-ring (bicyclic) bond motifs is 2. The summed E-state index contributed by atoms with van der Waals surface area (Å²) in [5.74, 6) is 7.34. The van der Waals surface area contributed by atoms with Crippen molar-refractivity contribution in [3.8, 4) is 0 Å². The number of hydrogen-bond acceptors (Lipinski definition) is 0. The predicted octanol–water partition coefficient (Wildman–Crippen LogP) is 8.24. The van der Waals surface area contributed by atoms with E-state index in [-0.39, 0.29) is 0 Å². The molecule has 0 nitrogen and oxygen atoms in total. The summed E-state index contributed by atoms with van der Waals surface area (Å²) in [5.41, 5.74) is 0.608. The minimum Gasteiger partial charge on any atom is -0.0891 e. The molecule has 8 atom stereocenters. The molecule has 150 valence electrons. The first-order valence-corrected chi connectivity index (χ1v) is 13.1. The van der Waals surface area contributed by atoms with Crippen LogP contribution in [0.3, 0.4) is 0 Å². The Labute approximate surface area is 171 Å². The quantitative estimate of drug-likeness (QED) is 0.400. The van der Waals surface area contributed by atoms with Gasteiger partial charge in [0.2, 0.25) is 0 Å². The summed E-state index contributed by atoms with van der Waals surface area (Å²) in [6.45, 7) is 7.81. The summed E-state index contributed by atoms with van der Waals surface area (Å²) >= 11 is 3.90. The van der Waals surface area contributed by atoms with Crippen LogP contribution >= 0.6 is 15.9 Å². The van der Waals surface area contributed by atoms with Crippen LogP contribution in [-0.2, 0) is 0 Å². The molecule has 0 radical (unpaired) electrons. The second kappa shape index (κ2) is 8.08. The first-order chi connectivity index (χ1) is 12.5. The Morgan fingerprint density at radius 1 is 0.846 bits per heavy atom. The van der Waals surface area contributed by atoms with Crippen LogP contribution in [0.5, 0.6) is 0 Å². The van der Waals surface area contributed by atoms with E-state index >= 15 is 0 Å². The predicted molar refractivity (Wildman–Crippen MR) is 117 cm³/mol. The van der Waals surface area contributed by atoms with Crippen molar-refractivity contribution in [2.24, 2.45) is 46.8 Å². The smallest absolute Gasteiger partial charge is 0.0148 e. The molecule has 4 rings (SSSR count). The van der Waals surface area contributed by atoms with E-state index in [1.807, 2.05) is 0 Å². The first kappa shape index (κ1) is 19.8. The Kier molecular flexibility index (Phi) is 6.15. The van der Waals surface area contributed by atoms with E-state index in [2.05, 4.69) is 36.7 Å². The molecule has 0 heterocycles. The summed E-state index contributed by atoms with van der Waals surface area (Å²) in [6, 6.07) is 0. The van der Waals surface area contributed by atoms with Crippen molar-refractivity contribution in [1.82, 2.24) is 0 Å². The van der Waals surface area contributed by atoms with E-state index in [4.69, 9.17) is 0 Å². The maximum atomic E-state index is 3.90. The van der Waals surface area contributed by atoms with Gasteiger partial charge in [-0.3, -0.25) is 0 Å². The molecular formula is C25H43Br. The van der Waals surface area contributed by atoms with Crippen LogP contribution in [0.25, 0.3) is 0 Å². The molecule has 0 amide bonds. The molecule has 4 aliphatic rings. The van der Waals surface area contributed by atoms with Gasteiger partial charge in [-0.25, -0.2) is 0 Å². The molecule has 0 N–H and O–H groups in total. The second-order valence-electron chi connectivity index (χ2n) is 11.2. The van der Waals surface area contributed by atoms with Gasteiger partial charge >= 0.3 is 0 Å². The molecule has 0 aromatic heterocycles. The zero-order chi connectivity index (χ0) is 18.3. The lowest BCUT2D eigenvalue weighted by Crippen LogP contribution is -2.32. The largest absolute Gasteiger partial charge is 0.0891 e. The van der Waals surface area contributed by atoms with Crippen molar-refractivity contribution in [2.45, 2.75) is 109 Å². The van der Waals surface area contributed by atoms with E-state index in [9.17, 15) is 0 Å². The van der Waals surface area contributed by atoms with E-state index in [1.165, 1.54) is 57.8 Å². The summed E-state index contributed by atoms with van der Waals surface area (Å²) in [4.78, 5) is 0.827. The summed E-state index contributed by atoms with van der Waals surface area (Å²) in [5, 5.41) is 0. The number of hydrogen-bond donors (Lipinski definition) is 0. The van der Waals surface area contributed by atoms with Crippen molar-refractivity contribution in [3.05, 3.63) is 0 Å². The van der Waals surface area contributed by atoms with Gasteiger partial charge in [-0.1, -0.05) is 68.8 Å². The van der Waals surface area contributed by atoms with Crippen molar-refractivity contribution >= 4 is 15.9 Å². The van der Waals surface area contributed by atoms with Crippen molar-refractivity contribution in [3.63, 3.8) is 0 Å². The molecule has 0 bridgehead atoms. The second-order valence-corrected chi connectivity index (χ2v) is 12.5. The lowest BCUT2D eigenvalue weighted by atomic mass is 9.65. The van der Waals surface area contributed by atoms with Gasteiger partial charge in [0.1, 0.15) is 0 Å². The van der Waals surface area contributed by atoms with Crippen LogP contribution in [0.2, 0.25) is 0 Å². The Morgan fingerprint density at radius 2 is 1.58 bits per heavy atom. The van der Waals surface area contributed by atoms with Crippen LogP contribution < -0.4 is 0 Å². The molecule has 0 saturated heterocycles. The highest BCUT2D eigenvalue weighted by atomic mass is 79.9. The maximum Gasteiger partial charge on any atom is 0.0148 e. The Morgan fingerprint density at radius 3 is 2.38 bits per heavy atom. The average molecular weight is 424 g/mol. The van der Waals surface area contributed by atoms with Crippen LogP contribution in [-0.4, -0.2) is 4.83 Å². The van der Waals surface area contributed by atoms with Crippen molar-refractivity contribution in [2.75, 3.05) is 0 Å². The molecule has 26 heavy (non-hydrogen) atoms. The number of halogens is 1. The van der Waals surface area contributed by atoms with Crippen molar-refractivity contribution in [1.29, 1.82) is 0 Å². The van der Waals surface area contributed by atoms with Gasteiger partial charge in [-0.15, -0.1) is 0 Å². The highest BCUT2D eigenvalue weighted by Crippen LogP contribution is 2.61. The molecule has 6 unspecified atom stereocenters. The number of rotatable bonds is 4. The molecule has 4 aliphatic carbocycles. The average Bonchev–Trinajstić information content (AvgIpc) is 2.86. The number of alkyl halides is 1. The highest BCUT2D eigenvalue weighted by molar-refractivity contribution is 9.09. The van der Waals surface area contributed by atoms with E-state index in [0.717, 1.165) is 46.3 Å². The maximum absolute atomic E-state index is 3.90. The molecular weight excluding hydrogens is 380 g/mol. The molecule has 0 aromatic rings. The highest BCUT2D eigenvalue weighted by Gasteiger charge is 2.54. The van der Waals surface area contributed by atoms with E-state index in [0.29, 0.717) is 5.41 Å². The fourth-order valence-electron chi connectivity index (χ4n) is 8.50. The van der Waals surface area contributed by atoms with Crippen LogP contribution in [0.4, 0.5) is 0 Å². The van der Waals surface area contributed by atoms with Gasteiger partial charge in [0.25, 0.3) is 0 Å². The van der Waals surface area contributed by atoms with Crippen molar-refractivity contribution < 1.29 is 0 Å². The van der Waals surface area contributed by atoms with Gasteiger partial charge < -0.3 is 0 Å². The third kappa shape index (κ3) is 3.69. The minimum atomic E-state index is 0.608. The normalized spacial score (nSPS) is 48.0. The monoisotopic (exact) mass is 422 g/mol. The van der Waals surface area contributed by atoms with E-state index < -0.39 is 0 Å². The topological polar surface area (TPSA) is 0 Å². The minimum absolute atomic E-state index is 0.608. The zero-order valence-electron chi connectivity index (χ0n) is 17.7. The van der Waals surface area contributed by atoms with Gasteiger partial charge in [0.15, 0.2) is 0 Å². The van der Waals surface area contributed by atoms with Gasteiger partial charge in [-0.05, 0) is 98.2 Å². The molecule has 0 aromatic carbocycles. The van der Waals surface area contributed by atoms with Crippen LogP contribution in [0, 0.1) is 46.8 Å². The SMILES string of the molecule is CC[C@@H]1C2CCCCC2C(C)(C)[C@@H]1CCC1CCC2CC(Br)CCC2C1. The summed E-state index contributed by atoms with van der Waals surface area (Å²) in [6.07, 6.45) is 19.7. The lowest BCUT2D eigenvalue weighted by molar-refractivity contribution is 0.103. The molecule has 0 aliphatic heterocycles. The van der Waals surface area contributed by atoms with Gasteiger partial charge in [0.05, 0.1) is 0 Å². The van der Waals surface area contributed by atoms with Crippen LogP contribution in [0.1, 0.15) is 104 Å². The Hall–Kier alpha value is 0.480. The summed E-state index contributed by atoms with van der Waals surface area (Å²) < 4.78 is 0. The third-order valence-electron chi connectivity index (χ3n) is 9.81. The molecule has 0 spiro atoms. The Bertz CT molecular complexity index is 469.